The maximum Gasteiger partial charge on any atom is 0.226 e. The van der Waals surface area contributed by atoms with Gasteiger partial charge >= 0.3 is 0 Å². The first-order chi connectivity index (χ1) is 11.1. The molecule has 0 bridgehead atoms. The zero-order valence-corrected chi connectivity index (χ0v) is 13.7. The van der Waals surface area contributed by atoms with E-state index in [0.717, 1.165) is 11.1 Å². The van der Waals surface area contributed by atoms with Gasteiger partial charge in [-0.25, -0.2) is 5.43 Å². The lowest BCUT2D eigenvalue weighted by atomic mass is 9.94. The molecule has 3 rings (SSSR count). The van der Waals surface area contributed by atoms with Crippen molar-refractivity contribution in [2.24, 2.45) is 5.92 Å². The van der Waals surface area contributed by atoms with E-state index < -0.39 is 0 Å². The highest BCUT2D eigenvalue weighted by molar-refractivity contribution is 6.30. The summed E-state index contributed by atoms with van der Waals surface area (Å²) in [6.07, 6.45) is 0. The topological polar surface area (TPSA) is 53.2 Å². The number of nitrogens with one attached hydrogen (secondary N) is 3. The van der Waals surface area contributed by atoms with Crippen LogP contribution in [-0.4, -0.2) is 12.5 Å². The van der Waals surface area contributed by atoms with Crippen molar-refractivity contribution in [3.63, 3.8) is 0 Å². The van der Waals surface area contributed by atoms with E-state index in [1.165, 1.54) is 5.56 Å². The van der Waals surface area contributed by atoms with Gasteiger partial charge in [0, 0.05) is 18.1 Å². The Labute approximate surface area is 141 Å². The maximum absolute atomic E-state index is 12.5. The standard InChI is InChI=1S/C18H20ClN3O/c1-12-4-2-5-13(8-12)10-20-18(23)16-11-21-22-17(16)14-6-3-7-15(19)9-14/h2-9,16-17,21-22H,10-11H2,1H3,(H,20,23). The van der Waals surface area contributed by atoms with E-state index in [-0.39, 0.29) is 17.9 Å². The van der Waals surface area contributed by atoms with Gasteiger partial charge in [0.15, 0.2) is 0 Å². The molecule has 1 amide bonds. The summed E-state index contributed by atoms with van der Waals surface area (Å²) in [7, 11) is 0. The van der Waals surface area contributed by atoms with Gasteiger partial charge in [-0.2, -0.15) is 0 Å². The van der Waals surface area contributed by atoms with Crippen LogP contribution in [0, 0.1) is 12.8 Å². The number of benzene rings is 2. The molecule has 2 unspecified atom stereocenters. The molecule has 0 aliphatic carbocycles. The smallest absolute Gasteiger partial charge is 0.226 e. The minimum atomic E-state index is -0.168. The second-order valence-electron chi connectivity index (χ2n) is 5.87. The number of hydrazine groups is 1. The van der Waals surface area contributed by atoms with Crippen molar-refractivity contribution in [2.75, 3.05) is 6.54 Å². The van der Waals surface area contributed by atoms with Crippen molar-refractivity contribution in [1.82, 2.24) is 16.2 Å². The summed E-state index contributed by atoms with van der Waals surface area (Å²) in [6.45, 7) is 3.18. The summed E-state index contributed by atoms with van der Waals surface area (Å²) in [5.74, 6) is -0.132. The minimum absolute atomic E-state index is 0.0361. The molecule has 0 aromatic heterocycles. The molecule has 1 fully saturated rings. The summed E-state index contributed by atoms with van der Waals surface area (Å²) in [5.41, 5.74) is 9.56. The molecule has 4 nitrogen and oxygen atoms in total. The molecule has 1 aliphatic rings. The van der Waals surface area contributed by atoms with Gasteiger partial charge in [0.2, 0.25) is 5.91 Å². The van der Waals surface area contributed by atoms with E-state index in [1.54, 1.807) is 0 Å². The van der Waals surface area contributed by atoms with Crippen LogP contribution in [0.4, 0.5) is 0 Å². The van der Waals surface area contributed by atoms with Crippen LogP contribution in [0.15, 0.2) is 48.5 Å². The number of carbonyl (C=O) groups excluding carboxylic acids is 1. The highest BCUT2D eigenvalue weighted by Crippen LogP contribution is 2.27. The summed E-state index contributed by atoms with van der Waals surface area (Å²) < 4.78 is 0. The summed E-state index contributed by atoms with van der Waals surface area (Å²) in [5, 5.41) is 3.71. The molecule has 1 saturated heterocycles. The van der Waals surface area contributed by atoms with Crippen LogP contribution in [0.25, 0.3) is 0 Å². The molecular formula is C18H20ClN3O. The van der Waals surface area contributed by atoms with E-state index in [4.69, 9.17) is 11.6 Å². The van der Waals surface area contributed by atoms with Crippen LogP contribution in [0.2, 0.25) is 5.02 Å². The van der Waals surface area contributed by atoms with Crippen molar-refractivity contribution in [1.29, 1.82) is 0 Å². The third-order valence-corrected chi connectivity index (χ3v) is 4.31. The van der Waals surface area contributed by atoms with Crippen LogP contribution in [0.5, 0.6) is 0 Å². The quantitative estimate of drug-likeness (QED) is 0.808. The van der Waals surface area contributed by atoms with Crippen LogP contribution >= 0.6 is 11.6 Å². The first kappa shape index (κ1) is 16.0. The molecule has 3 N–H and O–H groups in total. The van der Waals surface area contributed by atoms with Gasteiger partial charge in [-0.05, 0) is 30.2 Å². The van der Waals surface area contributed by atoms with Crippen LogP contribution < -0.4 is 16.2 Å². The number of rotatable bonds is 4. The average molecular weight is 330 g/mol. The van der Waals surface area contributed by atoms with Crippen LogP contribution in [-0.2, 0) is 11.3 Å². The number of hydrogen-bond acceptors (Lipinski definition) is 3. The SMILES string of the molecule is Cc1cccc(CNC(=O)C2CNNC2c2cccc(Cl)c2)c1. The lowest BCUT2D eigenvalue weighted by Gasteiger charge is -2.18. The fourth-order valence-corrected chi connectivity index (χ4v) is 3.10. The predicted octanol–water partition coefficient (Wildman–Crippen LogP) is 2.73. The highest BCUT2D eigenvalue weighted by atomic mass is 35.5. The van der Waals surface area contributed by atoms with Gasteiger partial charge < -0.3 is 5.32 Å². The molecule has 1 aliphatic heterocycles. The Morgan fingerprint density at radius 1 is 1.26 bits per heavy atom. The number of amides is 1. The van der Waals surface area contributed by atoms with Crippen molar-refractivity contribution in [3.05, 3.63) is 70.2 Å². The van der Waals surface area contributed by atoms with Gasteiger partial charge in [-0.3, -0.25) is 10.2 Å². The molecule has 2 aromatic carbocycles. The lowest BCUT2D eigenvalue weighted by molar-refractivity contribution is -0.125. The fourth-order valence-electron chi connectivity index (χ4n) is 2.90. The van der Waals surface area contributed by atoms with E-state index >= 15 is 0 Å². The van der Waals surface area contributed by atoms with Crippen LogP contribution in [0.3, 0.4) is 0 Å². The number of carbonyl (C=O) groups is 1. The predicted molar refractivity (Wildman–Crippen MR) is 91.8 cm³/mol. The highest BCUT2D eigenvalue weighted by Gasteiger charge is 2.33. The number of halogens is 1. The van der Waals surface area contributed by atoms with E-state index in [2.05, 4.69) is 22.2 Å². The van der Waals surface area contributed by atoms with Gasteiger partial charge in [0.25, 0.3) is 0 Å². The van der Waals surface area contributed by atoms with Crippen molar-refractivity contribution < 1.29 is 4.79 Å². The zero-order chi connectivity index (χ0) is 16.2. The minimum Gasteiger partial charge on any atom is -0.352 e. The molecule has 0 spiro atoms. The van der Waals surface area contributed by atoms with E-state index in [1.807, 2.05) is 49.4 Å². The second kappa shape index (κ2) is 7.13. The van der Waals surface area contributed by atoms with Gasteiger partial charge in [-0.15, -0.1) is 0 Å². The van der Waals surface area contributed by atoms with Gasteiger partial charge in [0.1, 0.15) is 0 Å². The van der Waals surface area contributed by atoms with Crippen molar-refractivity contribution in [3.8, 4) is 0 Å². The molecule has 2 atom stereocenters. The molecule has 1 heterocycles. The second-order valence-corrected chi connectivity index (χ2v) is 6.31. The first-order valence-corrected chi connectivity index (χ1v) is 8.08. The number of hydrogen-bond donors (Lipinski definition) is 3. The van der Waals surface area contributed by atoms with Gasteiger partial charge in [0.05, 0.1) is 12.0 Å². The average Bonchev–Trinajstić information content (AvgIpc) is 3.02. The lowest BCUT2D eigenvalue weighted by Crippen LogP contribution is -2.34. The summed E-state index contributed by atoms with van der Waals surface area (Å²) in [4.78, 5) is 12.5. The number of aryl methyl sites for hydroxylation is 1. The monoisotopic (exact) mass is 329 g/mol. The fraction of sp³-hybridized carbons (Fsp3) is 0.278. The largest absolute Gasteiger partial charge is 0.352 e. The Morgan fingerprint density at radius 2 is 2.09 bits per heavy atom. The van der Waals surface area contributed by atoms with Gasteiger partial charge in [-0.1, -0.05) is 53.6 Å². The molecule has 5 heteroatoms. The molecule has 23 heavy (non-hydrogen) atoms. The normalized spacial score (nSPS) is 20.4. The Balaban J connectivity index is 1.66. The maximum atomic E-state index is 12.5. The third kappa shape index (κ3) is 3.91. The van der Waals surface area contributed by atoms with Crippen molar-refractivity contribution >= 4 is 17.5 Å². The summed E-state index contributed by atoms with van der Waals surface area (Å²) >= 11 is 6.06. The van der Waals surface area contributed by atoms with E-state index in [0.29, 0.717) is 18.1 Å². The zero-order valence-electron chi connectivity index (χ0n) is 13.0. The van der Waals surface area contributed by atoms with Crippen LogP contribution in [0.1, 0.15) is 22.7 Å². The molecular weight excluding hydrogens is 310 g/mol. The van der Waals surface area contributed by atoms with E-state index in [9.17, 15) is 4.79 Å². The molecule has 0 saturated carbocycles. The molecule has 2 aromatic rings. The Morgan fingerprint density at radius 3 is 2.87 bits per heavy atom. The Bertz CT molecular complexity index is 704. The summed E-state index contributed by atoms with van der Waals surface area (Å²) in [6, 6.07) is 15.7. The Hall–Kier alpha value is -1.88. The first-order valence-electron chi connectivity index (χ1n) is 7.70. The Kier molecular flexibility index (Phi) is 4.96. The molecule has 0 radical (unpaired) electrons. The van der Waals surface area contributed by atoms with Crippen molar-refractivity contribution in [2.45, 2.75) is 19.5 Å². The third-order valence-electron chi connectivity index (χ3n) is 4.08. The molecule has 120 valence electrons.